The maximum absolute atomic E-state index is 12.6. The van der Waals surface area contributed by atoms with Crippen LogP contribution in [0.25, 0.3) is 0 Å². The van der Waals surface area contributed by atoms with Crippen LogP contribution >= 0.6 is 0 Å². The Morgan fingerprint density at radius 2 is 1.82 bits per heavy atom. The number of benzene rings is 1. The topological polar surface area (TPSA) is 27.1 Å². The first-order chi connectivity index (χ1) is 10.5. The number of halogens is 3. The Hall–Kier alpha value is -1.98. The molecule has 1 fully saturated rings. The number of imidazole rings is 1. The number of nitrogens with zero attached hydrogens (tertiary/aromatic N) is 2. The molecule has 1 aliphatic rings. The van der Waals surface area contributed by atoms with Crippen LogP contribution in [-0.2, 0) is 6.18 Å². The van der Waals surface area contributed by atoms with E-state index in [4.69, 9.17) is 4.74 Å². The second-order valence-corrected chi connectivity index (χ2v) is 5.54. The van der Waals surface area contributed by atoms with Crippen LogP contribution in [0, 0.1) is 0 Å². The SMILES string of the molecule is FC(F)(F)c1ccc(O[C@H]2CCCC[C@@H]2n2ccnc2)cc1. The summed E-state index contributed by atoms with van der Waals surface area (Å²) in [6.45, 7) is 0. The van der Waals surface area contributed by atoms with Crippen molar-refractivity contribution < 1.29 is 17.9 Å². The molecule has 1 aliphatic carbocycles. The van der Waals surface area contributed by atoms with Gasteiger partial charge in [0.25, 0.3) is 0 Å². The number of rotatable bonds is 3. The normalized spacial score (nSPS) is 22.5. The predicted octanol–water partition coefficient (Wildman–Crippen LogP) is 4.46. The second kappa shape index (κ2) is 6.02. The van der Waals surface area contributed by atoms with Gasteiger partial charge in [-0.3, -0.25) is 0 Å². The molecule has 1 aromatic carbocycles. The molecule has 6 heteroatoms. The summed E-state index contributed by atoms with van der Waals surface area (Å²) in [6.07, 6.45) is 5.10. The Morgan fingerprint density at radius 1 is 1.09 bits per heavy atom. The number of ether oxygens (including phenoxy) is 1. The van der Waals surface area contributed by atoms with E-state index < -0.39 is 11.7 Å². The van der Waals surface area contributed by atoms with Crippen molar-refractivity contribution in [3.63, 3.8) is 0 Å². The Bertz CT molecular complexity index is 593. The molecule has 0 unspecified atom stereocenters. The molecular weight excluding hydrogens is 293 g/mol. The van der Waals surface area contributed by atoms with E-state index in [-0.39, 0.29) is 12.1 Å². The Kier molecular flexibility index (Phi) is 4.09. The van der Waals surface area contributed by atoms with E-state index in [1.165, 1.54) is 12.1 Å². The van der Waals surface area contributed by atoms with Crippen LogP contribution in [0.1, 0.15) is 37.3 Å². The summed E-state index contributed by atoms with van der Waals surface area (Å²) in [5.41, 5.74) is -0.658. The third-order valence-corrected chi connectivity index (χ3v) is 4.04. The van der Waals surface area contributed by atoms with Crippen LogP contribution < -0.4 is 4.74 Å². The fourth-order valence-corrected chi connectivity index (χ4v) is 2.92. The average molecular weight is 310 g/mol. The molecule has 1 aromatic heterocycles. The largest absolute Gasteiger partial charge is 0.488 e. The fourth-order valence-electron chi connectivity index (χ4n) is 2.92. The molecule has 2 atom stereocenters. The molecule has 0 amide bonds. The smallest absolute Gasteiger partial charge is 0.416 e. The molecule has 0 radical (unpaired) electrons. The first kappa shape index (κ1) is 14.9. The van der Waals surface area contributed by atoms with Crippen LogP contribution in [0.3, 0.4) is 0 Å². The van der Waals surface area contributed by atoms with Gasteiger partial charge in [-0.25, -0.2) is 4.98 Å². The molecule has 0 N–H and O–H groups in total. The van der Waals surface area contributed by atoms with Gasteiger partial charge in [0.1, 0.15) is 11.9 Å². The standard InChI is InChI=1S/C16H17F3N2O/c17-16(18,19)12-5-7-13(8-6-12)22-15-4-2-1-3-14(15)21-10-9-20-11-21/h5-11,14-15H,1-4H2/t14-,15-/m0/s1. The number of hydrogen-bond acceptors (Lipinski definition) is 2. The van der Waals surface area contributed by atoms with Gasteiger partial charge in [0.05, 0.1) is 17.9 Å². The van der Waals surface area contributed by atoms with Crippen molar-refractivity contribution in [1.82, 2.24) is 9.55 Å². The zero-order chi connectivity index (χ0) is 15.6. The van der Waals surface area contributed by atoms with E-state index in [0.717, 1.165) is 37.8 Å². The first-order valence-electron chi connectivity index (χ1n) is 7.35. The molecule has 1 heterocycles. The van der Waals surface area contributed by atoms with Crippen LogP contribution in [-0.4, -0.2) is 15.7 Å². The first-order valence-corrected chi connectivity index (χ1v) is 7.35. The summed E-state index contributed by atoms with van der Waals surface area (Å²) in [5, 5.41) is 0. The molecule has 118 valence electrons. The summed E-state index contributed by atoms with van der Waals surface area (Å²) in [6, 6.07) is 5.08. The Morgan fingerprint density at radius 3 is 2.45 bits per heavy atom. The van der Waals surface area contributed by atoms with Gasteiger partial charge in [0.2, 0.25) is 0 Å². The predicted molar refractivity (Wildman–Crippen MR) is 75.6 cm³/mol. The molecule has 1 saturated carbocycles. The van der Waals surface area contributed by atoms with Gasteiger partial charge in [-0.15, -0.1) is 0 Å². The highest BCUT2D eigenvalue weighted by Crippen LogP contribution is 2.34. The molecule has 22 heavy (non-hydrogen) atoms. The lowest BCUT2D eigenvalue weighted by atomic mass is 9.92. The van der Waals surface area contributed by atoms with E-state index in [1.54, 1.807) is 12.5 Å². The fraction of sp³-hybridized carbons (Fsp3) is 0.438. The Labute approximate surface area is 126 Å². The van der Waals surface area contributed by atoms with Gasteiger partial charge >= 0.3 is 6.18 Å². The highest BCUT2D eigenvalue weighted by atomic mass is 19.4. The summed E-state index contributed by atoms with van der Waals surface area (Å²) >= 11 is 0. The monoisotopic (exact) mass is 310 g/mol. The van der Waals surface area contributed by atoms with Gasteiger partial charge in [-0.2, -0.15) is 13.2 Å². The van der Waals surface area contributed by atoms with Crippen LogP contribution in [0.5, 0.6) is 5.75 Å². The summed E-state index contributed by atoms with van der Waals surface area (Å²) in [7, 11) is 0. The number of hydrogen-bond donors (Lipinski definition) is 0. The summed E-state index contributed by atoms with van der Waals surface area (Å²) in [4.78, 5) is 4.06. The van der Waals surface area contributed by atoms with Gasteiger partial charge in [0.15, 0.2) is 0 Å². The van der Waals surface area contributed by atoms with Crippen molar-refractivity contribution in [1.29, 1.82) is 0 Å². The van der Waals surface area contributed by atoms with Crippen molar-refractivity contribution >= 4 is 0 Å². The van der Waals surface area contributed by atoms with Crippen LogP contribution in [0.2, 0.25) is 0 Å². The third kappa shape index (κ3) is 3.26. The molecule has 0 bridgehead atoms. The minimum Gasteiger partial charge on any atom is -0.488 e. The quantitative estimate of drug-likeness (QED) is 0.836. The highest BCUT2D eigenvalue weighted by molar-refractivity contribution is 5.29. The van der Waals surface area contributed by atoms with E-state index in [0.29, 0.717) is 5.75 Å². The summed E-state index contributed by atoms with van der Waals surface area (Å²) < 4.78 is 45.7. The Balaban J connectivity index is 1.73. The third-order valence-electron chi connectivity index (χ3n) is 4.04. The molecule has 2 aromatic rings. The van der Waals surface area contributed by atoms with Gasteiger partial charge in [-0.1, -0.05) is 6.42 Å². The lowest BCUT2D eigenvalue weighted by Gasteiger charge is -2.32. The van der Waals surface area contributed by atoms with E-state index in [9.17, 15) is 13.2 Å². The van der Waals surface area contributed by atoms with Crippen LogP contribution in [0.15, 0.2) is 43.0 Å². The van der Waals surface area contributed by atoms with Crippen molar-refractivity contribution in [3.8, 4) is 5.75 Å². The lowest BCUT2D eigenvalue weighted by molar-refractivity contribution is -0.137. The van der Waals surface area contributed by atoms with Gasteiger partial charge in [0, 0.05) is 12.4 Å². The molecule has 0 spiro atoms. The highest BCUT2D eigenvalue weighted by Gasteiger charge is 2.31. The summed E-state index contributed by atoms with van der Waals surface area (Å²) in [5.74, 6) is 0.477. The minimum atomic E-state index is -4.32. The molecule has 3 nitrogen and oxygen atoms in total. The van der Waals surface area contributed by atoms with Crippen molar-refractivity contribution in [2.24, 2.45) is 0 Å². The van der Waals surface area contributed by atoms with Crippen molar-refractivity contribution in [2.45, 2.75) is 44.0 Å². The second-order valence-electron chi connectivity index (χ2n) is 5.54. The van der Waals surface area contributed by atoms with Gasteiger partial charge < -0.3 is 9.30 Å². The van der Waals surface area contributed by atoms with E-state index in [2.05, 4.69) is 4.98 Å². The van der Waals surface area contributed by atoms with Crippen molar-refractivity contribution in [2.75, 3.05) is 0 Å². The van der Waals surface area contributed by atoms with E-state index in [1.807, 2.05) is 10.8 Å². The lowest BCUT2D eigenvalue weighted by Crippen LogP contribution is -2.32. The minimum absolute atomic E-state index is 0.0420. The maximum Gasteiger partial charge on any atom is 0.416 e. The molecule has 0 saturated heterocycles. The van der Waals surface area contributed by atoms with Crippen molar-refractivity contribution in [3.05, 3.63) is 48.5 Å². The average Bonchev–Trinajstić information content (AvgIpc) is 3.01. The van der Waals surface area contributed by atoms with Crippen LogP contribution in [0.4, 0.5) is 13.2 Å². The molecule has 0 aliphatic heterocycles. The van der Waals surface area contributed by atoms with E-state index >= 15 is 0 Å². The number of aromatic nitrogens is 2. The van der Waals surface area contributed by atoms with Gasteiger partial charge in [-0.05, 0) is 43.5 Å². The zero-order valence-corrected chi connectivity index (χ0v) is 12.0. The maximum atomic E-state index is 12.6. The zero-order valence-electron chi connectivity index (χ0n) is 12.0. The number of alkyl halides is 3. The molecule has 3 rings (SSSR count). The molecular formula is C16H17F3N2O.